The summed E-state index contributed by atoms with van der Waals surface area (Å²) in [7, 11) is 0. The number of rotatable bonds is 3. The lowest BCUT2D eigenvalue weighted by Gasteiger charge is -2.16. The first-order valence-corrected chi connectivity index (χ1v) is 3.18. The SMILES string of the molecule is CCN(CCN)C(C)=O. The second-order valence-corrected chi connectivity index (χ2v) is 1.89. The van der Waals surface area contributed by atoms with Crippen molar-refractivity contribution in [2.75, 3.05) is 19.6 Å². The Morgan fingerprint density at radius 2 is 2.22 bits per heavy atom. The number of hydrogen-bond acceptors (Lipinski definition) is 2. The summed E-state index contributed by atoms with van der Waals surface area (Å²) >= 11 is 0. The monoisotopic (exact) mass is 130 g/mol. The summed E-state index contributed by atoms with van der Waals surface area (Å²) in [5.74, 6) is 0.1000. The molecule has 9 heavy (non-hydrogen) atoms. The third-order valence-corrected chi connectivity index (χ3v) is 1.23. The first-order chi connectivity index (χ1) is 4.22. The fraction of sp³-hybridized carbons (Fsp3) is 0.833. The normalized spacial score (nSPS) is 9.22. The Labute approximate surface area is 55.8 Å². The molecule has 0 aromatic carbocycles. The van der Waals surface area contributed by atoms with E-state index in [2.05, 4.69) is 0 Å². The van der Waals surface area contributed by atoms with Gasteiger partial charge < -0.3 is 10.6 Å². The molecule has 0 saturated heterocycles. The summed E-state index contributed by atoms with van der Waals surface area (Å²) in [6.45, 7) is 5.47. The Hall–Kier alpha value is -0.570. The van der Waals surface area contributed by atoms with Gasteiger partial charge in [0, 0.05) is 26.6 Å². The fourth-order valence-corrected chi connectivity index (χ4v) is 0.694. The van der Waals surface area contributed by atoms with Gasteiger partial charge in [0.05, 0.1) is 0 Å². The van der Waals surface area contributed by atoms with E-state index in [1.165, 1.54) is 0 Å². The molecule has 1 amide bonds. The highest BCUT2D eigenvalue weighted by atomic mass is 16.2. The highest BCUT2D eigenvalue weighted by molar-refractivity contribution is 5.73. The van der Waals surface area contributed by atoms with E-state index < -0.39 is 0 Å². The Kier molecular flexibility index (Phi) is 4.05. The quantitative estimate of drug-likeness (QED) is 0.575. The van der Waals surface area contributed by atoms with Crippen LogP contribution in [0.15, 0.2) is 0 Å². The van der Waals surface area contributed by atoms with Crippen molar-refractivity contribution in [3.63, 3.8) is 0 Å². The summed E-state index contributed by atoms with van der Waals surface area (Å²) in [6.07, 6.45) is 0. The van der Waals surface area contributed by atoms with Crippen LogP contribution in [-0.2, 0) is 4.79 Å². The molecule has 0 fully saturated rings. The number of nitrogens with zero attached hydrogens (tertiary/aromatic N) is 1. The van der Waals surface area contributed by atoms with Crippen molar-refractivity contribution < 1.29 is 4.79 Å². The zero-order valence-corrected chi connectivity index (χ0v) is 6.05. The van der Waals surface area contributed by atoms with Crippen LogP contribution in [0.4, 0.5) is 0 Å². The molecule has 0 heterocycles. The number of hydrogen-bond donors (Lipinski definition) is 1. The second kappa shape index (κ2) is 4.32. The smallest absolute Gasteiger partial charge is 0.219 e. The molecule has 0 aliphatic rings. The lowest BCUT2D eigenvalue weighted by Crippen LogP contribution is -2.33. The van der Waals surface area contributed by atoms with Crippen molar-refractivity contribution in [1.82, 2.24) is 4.90 Å². The van der Waals surface area contributed by atoms with Gasteiger partial charge in [-0.3, -0.25) is 4.79 Å². The van der Waals surface area contributed by atoms with E-state index >= 15 is 0 Å². The standard InChI is InChI=1S/C6H14N2O/c1-3-8(5-4-7)6(2)9/h3-5,7H2,1-2H3. The second-order valence-electron chi connectivity index (χ2n) is 1.89. The highest BCUT2D eigenvalue weighted by Crippen LogP contribution is 1.84. The molecular weight excluding hydrogens is 116 g/mol. The predicted molar refractivity (Wildman–Crippen MR) is 37.0 cm³/mol. The van der Waals surface area contributed by atoms with Crippen LogP contribution in [0.1, 0.15) is 13.8 Å². The number of likely N-dealkylation sites (N-methyl/N-ethyl adjacent to an activating group) is 1. The number of carbonyl (C=O) groups is 1. The maximum Gasteiger partial charge on any atom is 0.219 e. The molecule has 54 valence electrons. The molecule has 0 aliphatic heterocycles. The van der Waals surface area contributed by atoms with E-state index in [9.17, 15) is 4.79 Å². The van der Waals surface area contributed by atoms with Crippen LogP contribution < -0.4 is 5.73 Å². The number of nitrogens with two attached hydrogens (primary N) is 1. The van der Waals surface area contributed by atoms with Gasteiger partial charge in [-0.05, 0) is 6.92 Å². The lowest BCUT2D eigenvalue weighted by atomic mass is 10.4. The molecule has 0 rings (SSSR count). The molecule has 3 nitrogen and oxygen atoms in total. The molecule has 0 unspecified atom stereocenters. The average Bonchev–Trinajstić information content (AvgIpc) is 1.82. The van der Waals surface area contributed by atoms with Gasteiger partial charge in [-0.1, -0.05) is 0 Å². The Morgan fingerprint density at radius 1 is 1.67 bits per heavy atom. The summed E-state index contributed by atoms with van der Waals surface area (Å²) in [4.78, 5) is 12.3. The third-order valence-electron chi connectivity index (χ3n) is 1.23. The topological polar surface area (TPSA) is 46.3 Å². The van der Waals surface area contributed by atoms with Crippen molar-refractivity contribution in [2.45, 2.75) is 13.8 Å². The Morgan fingerprint density at radius 3 is 2.33 bits per heavy atom. The van der Waals surface area contributed by atoms with Crippen molar-refractivity contribution in [3.05, 3.63) is 0 Å². The minimum absolute atomic E-state index is 0.1000. The van der Waals surface area contributed by atoms with Gasteiger partial charge in [-0.15, -0.1) is 0 Å². The van der Waals surface area contributed by atoms with Crippen LogP contribution in [0, 0.1) is 0 Å². The Balaban J connectivity index is 3.54. The fourth-order valence-electron chi connectivity index (χ4n) is 0.694. The molecule has 0 aromatic rings. The largest absolute Gasteiger partial charge is 0.342 e. The van der Waals surface area contributed by atoms with Crippen molar-refractivity contribution in [3.8, 4) is 0 Å². The van der Waals surface area contributed by atoms with Gasteiger partial charge in [0.15, 0.2) is 0 Å². The van der Waals surface area contributed by atoms with Crippen molar-refractivity contribution >= 4 is 5.91 Å². The van der Waals surface area contributed by atoms with Gasteiger partial charge in [-0.2, -0.15) is 0 Å². The van der Waals surface area contributed by atoms with Gasteiger partial charge in [-0.25, -0.2) is 0 Å². The van der Waals surface area contributed by atoms with Gasteiger partial charge in [0.25, 0.3) is 0 Å². The van der Waals surface area contributed by atoms with E-state index in [1.807, 2.05) is 6.92 Å². The first kappa shape index (κ1) is 8.43. The van der Waals surface area contributed by atoms with Crippen LogP contribution in [0.3, 0.4) is 0 Å². The van der Waals surface area contributed by atoms with Gasteiger partial charge in [0.2, 0.25) is 5.91 Å². The van der Waals surface area contributed by atoms with E-state index in [-0.39, 0.29) is 5.91 Å². The average molecular weight is 130 g/mol. The van der Waals surface area contributed by atoms with Crippen LogP contribution in [0.2, 0.25) is 0 Å². The molecule has 0 aliphatic carbocycles. The summed E-state index contributed by atoms with van der Waals surface area (Å²) < 4.78 is 0. The molecule has 0 saturated carbocycles. The summed E-state index contributed by atoms with van der Waals surface area (Å²) in [6, 6.07) is 0. The molecule has 0 atom stereocenters. The molecule has 2 N–H and O–H groups in total. The number of amides is 1. The highest BCUT2D eigenvalue weighted by Gasteiger charge is 2.01. The molecule has 0 radical (unpaired) electrons. The summed E-state index contributed by atoms with van der Waals surface area (Å²) in [5.41, 5.74) is 5.25. The maximum atomic E-state index is 10.6. The lowest BCUT2D eigenvalue weighted by molar-refractivity contribution is -0.128. The third kappa shape index (κ3) is 3.08. The molecule has 0 bridgehead atoms. The van der Waals surface area contributed by atoms with Crippen LogP contribution in [-0.4, -0.2) is 30.4 Å². The van der Waals surface area contributed by atoms with Crippen LogP contribution in [0.25, 0.3) is 0 Å². The van der Waals surface area contributed by atoms with Crippen LogP contribution >= 0.6 is 0 Å². The predicted octanol–water partition coefficient (Wildman–Crippen LogP) is -0.187. The first-order valence-electron chi connectivity index (χ1n) is 3.18. The minimum atomic E-state index is 0.1000. The Bertz CT molecular complexity index is 93.1. The maximum absolute atomic E-state index is 10.6. The molecular formula is C6H14N2O. The number of carbonyl (C=O) groups excluding carboxylic acids is 1. The minimum Gasteiger partial charge on any atom is -0.342 e. The summed E-state index contributed by atoms with van der Waals surface area (Å²) in [5, 5.41) is 0. The van der Waals surface area contributed by atoms with Crippen LogP contribution in [0.5, 0.6) is 0 Å². The van der Waals surface area contributed by atoms with E-state index in [0.29, 0.717) is 13.1 Å². The molecule has 0 spiro atoms. The molecule has 0 aromatic heterocycles. The zero-order valence-electron chi connectivity index (χ0n) is 6.05. The van der Waals surface area contributed by atoms with Crippen molar-refractivity contribution in [2.24, 2.45) is 5.73 Å². The molecule has 3 heteroatoms. The van der Waals surface area contributed by atoms with Gasteiger partial charge >= 0.3 is 0 Å². The zero-order chi connectivity index (χ0) is 7.28. The van der Waals surface area contributed by atoms with Crippen molar-refractivity contribution in [1.29, 1.82) is 0 Å². The van der Waals surface area contributed by atoms with E-state index in [0.717, 1.165) is 6.54 Å². The van der Waals surface area contributed by atoms with Gasteiger partial charge in [0.1, 0.15) is 0 Å². The van der Waals surface area contributed by atoms with E-state index in [1.54, 1.807) is 11.8 Å². The van der Waals surface area contributed by atoms with E-state index in [4.69, 9.17) is 5.73 Å².